The molecule has 2 aromatic carbocycles. The summed E-state index contributed by atoms with van der Waals surface area (Å²) in [5.41, 5.74) is 2.44. The zero-order valence-electron chi connectivity index (χ0n) is 14.1. The van der Waals surface area contributed by atoms with Gasteiger partial charge in [0.1, 0.15) is 0 Å². The maximum Gasteiger partial charge on any atom is 0.231 e. The summed E-state index contributed by atoms with van der Waals surface area (Å²) in [5, 5.41) is 2.93. The van der Waals surface area contributed by atoms with Gasteiger partial charge in [-0.2, -0.15) is 0 Å². The lowest BCUT2D eigenvalue weighted by atomic mass is 10.1. The van der Waals surface area contributed by atoms with E-state index in [1.807, 2.05) is 31.2 Å². The van der Waals surface area contributed by atoms with Crippen molar-refractivity contribution in [3.63, 3.8) is 0 Å². The summed E-state index contributed by atoms with van der Waals surface area (Å²) in [6.07, 6.45) is 0.188. The topological polar surface area (TPSA) is 67.9 Å². The number of rotatable bonds is 3. The van der Waals surface area contributed by atoms with Crippen LogP contribution >= 0.6 is 15.9 Å². The van der Waals surface area contributed by atoms with Crippen LogP contribution in [0.5, 0.6) is 11.5 Å². The van der Waals surface area contributed by atoms with Crippen LogP contribution in [0.25, 0.3) is 0 Å². The van der Waals surface area contributed by atoms with Crippen LogP contribution in [-0.2, 0) is 9.59 Å². The Kier molecular flexibility index (Phi) is 4.32. The van der Waals surface area contributed by atoms with Crippen LogP contribution in [0, 0.1) is 12.8 Å². The molecule has 0 aromatic heterocycles. The highest BCUT2D eigenvalue weighted by Crippen LogP contribution is 2.37. The Morgan fingerprint density at radius 3 is 2.85 bits per heavy atom. The van der Waals surface area contributed by atoms with E-state index in [-0.39, 0.29) is 25.0 Å². The maximum atomic E-state index is 12.6. The van der Waals surface area contributed by atoms with Gasteiger partial charge in [-0.15, -0.1) is 0 Å². The van der Waals surface area contributed by atoms with Gasteiger partial charge in [-0.1, -0.05) is 22.0 Å². The molecule has 7 heteroatoms. The van der Waals surface area contributed by atoms with Gasteiger partial charge in [-0.25, -0.2) is 0 Å². The molecule has 0 saturated carbocycles. The third kappa shape index (κ3) is 3.14. The van der Waals surface area contributed by atoms with E-state index in [9.17, 15) is 9.59 Å². The SMILES string of the molecule is Cc1ccc(Br)cc1NC(=O)C1CC(=O)N(c2ccc3c(c2)OCO3)C1. The normalized spacial score (nSPS) is 18.3. The van der Waals surface area contributed by atoms with Gasteiger partial charge < -0.3 is 19.7 Å². The number of ether oxygens (including phenoxy) is 2. The van der Waals surface area contributed by atoms with Gasteiger partial charge >= 0.3 is 0 Å². The molecule has 1 unspecified atom stereocenters. The van der Waals surface area contributed by atoms with E-state index in [0.717, 1.165) is 15.7 Å². The highest BCUT2D eigenvalue weighted by atomic mass is 79.9. The van der Waals surface area contributed by atoms with Crippen LogP contribution in [0.15, 0.2) is 40.9 Å². The molecule has 0 bridgehead atoms. The van der Waals surface area contributed by atoms with Gasteiger partial charge in [0, 0.05) is 34.9 Å². The van der Waals surface area contributed by atoms with E-state index in [1.54, 1.807) is 17.0 Å². The number of amides is 2. The molecule has 2 aliphatic rings. The van der Waals surface area contributed by atoms with Crippen LogP contribution < -0.4 is 19.7 Å². The van der Waals surface area contributed by atoms with Crippen molar-refractivity contribution in [2.24, 2.45) is 5.92 Å². The van der Waals surface area contributed by atoms with E-state index in [1.165, 1.54) is 0 Å². The zero-order chi connectivity index (χ0) is 18.3. The molecule has 4 rings (SSSR count). The van der Waals surface area contributed by atoms with Crippen molar-refractivity contribution in [1.82, 2.24) is 0 Å². The van der Waals surface area contributed by atoms with Gasteiger partial charge in [0.15, 0.2) is 11.5 Å². The summed E-state index contributed by atoms with van der Waals surface area (Å²) in [4.78, 5) is 26.7. The van der Waals surface area contributed by atoms with E-state index >= 15 is 0 Å². The Labute approximate surface area is 159 Å². The first-order valence-corrected chi connectivity index (χ1v) is 9.07. The number of benzene rings is 2. The lowest BCUT2D eigenvalue weighted by molar-refractivity contribution is -0.122. The second-order valence-corrected chi connectivity index (χ2v) is 7.31. The van der Waals surface area contributed by atoms with Crippen molar-refractivity contribution in [2.75, 3.05) is 23.6 Å². The smallest absolute Gasteiger partial charge is 0.231 e. The molecule has 2 amide bonds. The average molecular weight is 417 g/mol. The van der Waals surface area contributed by atoms with E-state index in [2.05, 4.69) is 21.2 Å². The summed E-state index contributed by atoms with van der Waals surface area (Å²) in [6, 6.07) is 11.1. The summed E-state index contributed by atoms with van der Waals surface area (Å²) in [5.74, 6) is 0.664. The summed E-state index contributed by atoms with van der Waals surface area (Å²) in [6.45, 7) is 2.46. The Morgan fingerprint density at radius 1 is 1.19 bits per heavy atom. The van der Waals surface area contributed by atoms with Crippen LogP contribution in [0.1, 0.15) is 12.0 Å². The van der Waals surface area contributed by atoms with Crippen molar-refractivity contribution < 1.29 is 19.1 Å². The van der Waals surface area contributed by atoms with Gasteiger partial charge in [0.2, 0.25) is 18.6 Å². The molecule has 1 atom stereocenters. The number of hydrogen-bond donors (Lipinski definition) is 1. The fourth-order valence-electron chi connectivity index (χ4n) is 3.15. The number of carbonyl (C=O) groups excluding carboxylic acids is 2. The Bertz CT molecular complexity index is 899. The Hall–Kier alpha value is -2.54. The number of nitrogens with one attached hydrogen (secondary N) is 1. The third-order valence-electron chi connectivity index (χ3n) is 4.62. The number of fused-ring (bicyclic) bond motifs is 1. The molecule has 0 spiro atoms. The maximum absolute atomic E-state index is 12.6. The van der Waals surface area contributed by atoms with Crippen LogP contribution in [0.4, 0.5) is 11.4 Å². The standard InChI is InChI=1S/C19H17BrN2O4/c1-11-2-3-13(20)7-15(11)21-19(24)12-6-18(23)22(9-12)14-4-5-16-17(8-14)26-10-25-16/h2-5,7-8,12H,6,9-10H2,1H3,(H,21,24). The summed E-state index contributed by atoms with van der Waals surface area (Å²) >= 11 is 3.41. The first kappa shape index (κ1) is 16.9. The highest BCUT2D eigenvalue weighted by molar-refractivity contribution is 9.10. The zero-order valence-corrected chi connectivity index (χ0v) is 15.7. The molecular formula is C19H17BrN2O4. The molecule has 26 heavy (non-hydrogen) atoms. The molecule has 1 fully saturated rings. The molecular weight excluding hydrogens is 400 g/mol. The van der Waals surface area contributed by atoms with Crippen LogP contribution in [0.2, 0.25) is 0 Å². The lowest BCUT2D eigenvalue weighted by Gasteiger charge is -2.17. The number of carbonyl (C=O) groups is 2. The Morgan fingerprint density at radius 2 is 2.00 bits per heavy atom. The average Bonchev–Trinajstić information content (AvgIpc) is 3.23. The van der Waals surface area contributed by atoms with Crippen LogP contribution in [0.3, 0.4) is 0 Å². The molecule has 6 nitrogen and oxygen atoms in total. The molecule has 0 radical (unpaired) electrons. The summed E-state index contributed by atoms with van der Waals surface area (Å²) in [7, 11) is 0. The molecule has 134 valence electrons. The van der Waals surface area contributed by atoms with Crippen molar-refractivity contribution in [3.8, 4) is 11.5 Å². The molecule has 1 N–H and O–H groups in total. The fourth-order valence-corrected chi connectivity index (χ4v) is 3.51. The minimum atomic E-state index is -0.397. The van der Waals surface area contributed by atoms with Crippen molar-refractivity contribution in [2.45, 2.75) is 13.3 Å². The number of aryl methyl sites for hydroxylation is 1. The first-order valence-electron chi connectivity index (χ1n) is 8.28. The van der Waals surface area contributed by atoms with Gasteiger partial charge in [-0.3, -0.25) is 9.59 Å². The van der Waals surface area contributed by atoms with Crippen LogP contribution in [-0.4, -0.2) is 25.2 Å². The van der Waals surface area contributed by atoms with E-state index < -0.39 is 5.92 Å². The molecule has 2 aromatic rings. The lowest BCUT2D eigenvalue weighted by Crippen LogP contribution is -2.28. The van der Waals surface area contributed by atoms with Crippen molar-refractivity contribution in [3.05, 3.63) is 46.4 Å². The molecule has 0 aliphatic carbocycles. The predicted octanol–water partition coefficient (Wildman–Crippen LogP) is 3.48. The first-order chi connectivity index (χ1) is 12.5. The molecule has 2 heterocycles. The Balaban J connectivity index is 1.49. The molecule has 1 saturated heterocycles. The second-order valence-electron chi connectivity index (χ2n) is 6.39. The number of anilines is 2. The second kappa shape index (κ2) is 6.64. The quantitative estimate of drug-likeness (QED) is 0.831. The minimum Gasteiger partial charge on any atom is -0.454 e. The van der Waals surface area contributed by atoms with Gasteiger partial charge in [-0.05, 0) is 36.8 Å². The minimum absolute atomic E-state index is 0.0741. The highest BCUT2D eigenvalue weighted by Gasteiger charge is 2.35. The van der Waals surface area contributed by atoms with E-state index in [4.69, 9.17) is 9.47 Å². The largest absolute Gasteiger partial charge is 0.454 e. The summed E-state index contributed by atoms with van der Waals surface area (Å²) < 4.78 is 11.6. The number of halogens is 1. The third-order valence-corrected chi connectivity index (χ3v) is 5.11. The number of nitrogens with zero attached hydrogens (tertiary/aromatic N) is 1. The number of hydrogen-bond acceptors (Lipinski definition) is 4. The van der Waals surface area contributed by atoms with Gasteiger partial charge in [0.25, 0.3) is 0 Å². The monoisotopic (exact) mass is 416 g/mol. The molecule has 2 aliphatic heterocycles. The van der Waals surface area contributed by atoms with E-state index in [0.29, 0.717) is 23.7 Å². The van der Waals surface area contributed by atoms with Crippen molar-refractivity contribution >= 4 is 39.1 Å². The van der Waals surface area contributed by atoms with Gasteiger partial charge in [0.05, 0.1) is 5.92 Å². The predicted molar refractivity (Wildman–Crippen MR) is 101 cm³/mol. The van der Waals surface area contributed by atoms with Crippen molar-refractivity contribution in [1.29, 1.82) is 0 Å². The fraction of sp³-hybridized carbons (Fsp3) is 0.263.